The molecule has 1 heterocycles. The second-order valence-corrected chi connectivity index (χ2v) is 7.54. The summed E-state index contributed by atoms with van der Waals surface area (Å²) in [6.45, 7) is 5.29. The molecule has 1 atom stereocenters. The van der Waals surface area contributed by atoms with E-state index in [1.54, 1.807) is 0 Å². The van der Waals surface area contributed by atoms with Crippen LogP contribution in [0.3, 0.4) is 0 Å². The number of halogens is 2. The largest absolute Gasteiger partial charge is 0.327 e. The number of nitrogens with zero attached hydrogens (tertiary/aromatic N) is 2. The van der Waals surface area contributed by atoms with Crippen molar-refractivity contribution >= 4 is 45.2 Å². The molecule has 0 saturated heterocycles. The van der Waals surface area contributed by atoms with Crippen LogP contribution in [0.4, 0.5) is 0 Å². The molecule has 0 aliphatic rings. The van der Waals surface area contributed by atoms with Gasteiger partial charge in [-0.2, -0.15) is 0 Å². The van der Waals surface area contributed by atoms with Crippen molar-refractivity contribution in [3.63, 3.8) is 0 Å². The van der Waals surface area contributed by atoms with Gasteiger partial charge >= 0.3 is 0 Å². The molecule has 0 amide bonds. The van der Waals surface area contributed by atoms with Crippen LogP contribution in [-0.4, -0.2) is 9.55 Å². The first kappa shape index (κ1) is 17.1. The Morgan fingerprint density at radius 1 is 1.19 bits per heavy atom. The van der Waals surface area contributed by atoms with Crippen molar-refractivity contribution in [2.45, 2.75) is 64.3 Å². The van der Waals surface area contributed by atoms with Crippen LogP contribution in [0.25, 0.3) is 11.0 Å². The van der Waals surface area contributed by atoms with E-state index >= 15 is 0 Å². The van der Waals surface area contributed by atoms with Gasteiger partial charge in [-0.25, -0.2) is 4.98 Å². The number of alkyl halides is 1. The molecule has 0 radical (unpaired) electrons. The summed E-state index contributed by atoms with van der Waals surface area (Å²) in [5, 5.41) is -0.0462. The highest BCUT2D eigenvalue weighted by Gasteiger charge is 2.14. The molecule has 0 saturated carbocycles. The van der Waals surface area contributed by atoms with Crippen LogP contribution in [0.15, 0.2) is 18.2 Å². The SMILES string of the molecule is CCCCCCCCn1c(C(C)Cl)nc2cc(I)ccc21. The molecule has 2 rings (SSSR count). The van der Waals surface area contributed by atoms with Crippen LogP contribution in [0.2, 0.25) is 0 Å². The van der Waals surface area contributed by atoms with Crippen LogP contribution in [0.1, 0.15) is 63.6 Å². The molecular weight excluding hydrogens is 395 g/mol. The topological polar surface area (TPSA) is 17.8 Å². The number of aryl methyl sites for hydroxylation is 1. The van der Waals surface area contributed by atoms with E-state index in [4.69, 9.17) is 16.6 Å². The third-order valence-corrected chi connectivity index (χ3v) is 4.70. The molecule has 2 aromatic rings. The lowest BCUT2D eigenvalue weighted by Gasteiger charge is -2.10. The Morgan fingerprint density at radius 2 is 1.90 bits per heavy atom. The summed E-state index contributed by atoms with van der Waals surface area (Å²) in [4.78, 5) is 4.73. The maximum Gasteiger partial charge on any atom is 0.127 e. The molecular formula is C17H24ClIN2. The third kappa shape index (κ3) is 4.59. The summed E-state index contributed by atoms with van der Waals surface area (Å²) in [7, 11) is 0. The lowest BCUT2D eigenvalue weighted by atomic mass is 10.1. The van der Waals surface area contributed by atoms with Gasteiger partial charge in [-0.05, 0) is 54.1 Å². The Labute approximate surface area is 146 Å². The fraction of sp³-hybridized carbons (Fsp3) is 0.588. The van der Waals surface area contributed by atoms with Crippen molar-refractivity contribution in [1.29, 1.82) is 0 Å². The van der Waals surface area contributed by atoms with Gasteiger partial charge in [0.1, 0.15) is 5.82 Å². The molecule has 0 aliphatic heterocycles. The molecule has 0 fully saturated rings. The lowest BCUT2D eigenvalue weighted by Crippen LogP contribution is -2.04. The molecule has 0 N–H and O–H groups in total. The van der Waals surface area contributed by atoms with Crippen molar-refractivity contribution in [2.24, 2.45) is 0 Å². The van der Waals surface area contributed by atoms with Crippen molar-refractivity contribution in [3.8, 4) is 0 Å². The van der Waals surface area contributed by atoms with Crippen molar-refractivity contribution < 1.29 is 0 Å². The van der Waals surface area contributed by atoms with E-state index < -0.39 is 0 Å². The number of rotatable bonds is 8. The number of hydrogen-bond donors (Lipinski definition) is 0. The molecule has 0 bridgehead atoms. The highest BCUT2D eigenvalue weighted by Crippen LogP contribution is 2.26. The first-order valence-corrected chi connectivity index (χ1v) is 9.44. The second kappa shape index (κ2) is 8.37. The van der Waals surface area contributed by atoms with Gasteiger partial charge in [0.15, 0.2) is 0 Å². The normalized spacial score (nSPS) is 13.0. The minimum absolute atomic E-state index is 0.0462. The fourth-order valence-corrected chi connectivity index (χ4v) is 3.35. The average molecular weight is 419 g/mol. The predicted octanol–water partition coefficient (Wildman–Crippen LogP) is 6.30. The Morgan fingerprint density at radius 3 is 2.62 bits per heavy atom. The summed E-state index contributed by atoms with van der Waals surface area (Å²) in [5.74, 6) is 1.00. The van der Waals surface area contributed by atoms with E-state index in [0.29, 0.717) is 0 Å². The van der Waals surface area contributed by atoms with Gasteiger partial charge in [0.2, 0.25) is 0 Å². The molecule has 1 aromatic heterocycles. The van der Waals surface area contributed by atoms with E-state index in [0.717, 1.165) is 17.9 Å². The van der Waals surface area contributed by atoms with Gasteiger partial charge in [0, 0.05) is 10.1 Å². The van der Waals surface area contributed by atoms with Crippen LogP contribution in [0.5, 0.6) is 0 Å². The van der Waals surface area contributed by atoms with E-state index in [1.165, 1.54) is 47.6 Å². The first-order chi connectivity index (χ1) is 10.1. The zero-order valence-electron chi connectivity index (χ0n) is 12.9. The Kier molecular flexibility index (Phi) is 6.80. The minimum atomic E-state index is -0.0462. The number of benzene rings is 1. The van der Waals surface area contributed by atoms with Crippen LogP contribution in [-0.2, 0) is 6.54 Å². The molecule has 1 aromatic carbocycles. The first-order valence-electron chi connectivity index (χ1n) is 7.93. The number of imidazole rings is 1. The number of hydrogen-bond acceptors (Lipinski definition) is 1. The number of unbranched alkanes of at least 4 members (excludes halogenated alkanes) is 5. The average Bonchev–Trinajstić information content (AvgIpc) is 2.80. The zero-order chi connectivity index (χ0) is 15.2. The van der Waals surface area contributed by atoms with Crippen molar-refractivity contribution in [2.75, 3.05) is 0 Å². The summed E-state index contributed by atoms with van der Waals surface area (Å²) < 4.78 is 3.53. The molecule has 1 unspecified atom stereocenters. The highest BCUT2D eigenvalue weighted by molar-refractivity contribution is 14.1. The molecule has 2 nitrogen and oxygen atoms in total. The fourth-order valence-electron chi connectivity index (χ4n) is 2.71. The molecule has 0 spiro atoms. The minimum Gasteiger partial charge on any atom is -0.327 e. The van der Waals surface area contributed by atoms with Gasteiger partial charge in [-0.1, -0.05) is 39.0 Å². The molecule has 21 heavy (non-hydrogen) atoms. The predicted molar refractivity (Wildman–Crippen MR) is 100 cm³/mol. The summed E-state index contributed by atoms with van der Waals surface area (Å²) in [6, 6.07) is 6.45. The maximum atomic E-state index is 6.32. The lowest BCUT2D eigenvalue weighted by molar-refractivity contribution is 0.553. The molecule has 4 heteroatoms. The number of aromatic nitrogens is 2. The van der Waals surface area contributed by atoms with Gasteiger partial charge in [0.25, 0.3) is 0 Å². The third-order valence-electron chi connectivity index (χ3n) is 3.83. The summed E-state index contributed by atoms with van der Waals surface area (Å²) in [6.07, 6.45) is 7.86. The van der Waals surface area contributed by atoms with Crippen LogP contribution in [0, 0.1) is 3.57 Å². The van der Waals surface area contributed by atoms with E-state index in [9.17, 15) is 0 Å². The second-order valence-electron chi connectivity index (χ2n) is 5.64. The summed E-state index contributed by atoms with van der Waals surface area (Å²) >= 11 is 8.65. The van der Waals surface area contributed by atoms with Gasteiger partial charge in [-0.15, -0.1) is 11.6 Å². The molecule has 116 valence electrons. The van der Waals surface area contributed by atoms with Crippen LogP contribution >= 0.6 is 34.2 Å². The Hall–Kier alpha value is -0.290. The Balaban J connectivity index is 2.08. The van der Waals surface area contributed by atoms with Crippen LogP contribution < -0.4 is 0 Å². The van der Waals surface area contributed by atoms with E-state index in [2.05, 4.69) is 52.3 Å². The maximum absolute atomic E-state index is 6.32. The zero-order valence-corrected chi connectivity index (χ0v) is 15.8. The van der Waals surface area contributed by atoms with Crippen molar-refractivity contribution in [3.05, 3.63) is 27.6 Å². The van der Waals surface area contributed by atoms with Crippen molar-refractivity contribution in [1.82, 2.24) is 9.55 Å². The van der Waals surface area contributed by atoms with Gasteiger partial charge in [-0.3, -0.25) is 0 Å². The highest BCUT2D eigenvalue weighted by atomic mass is 127. The summed E-state index contributed by atoms with van der Waals surface area (Å²) in [5.41, 5.74) is 2.28. The van der Waals surface area contributed by atoms with E-state index in [1.807, 2.05) is 6.92 Å². The molecule has 0 aliphatic carbocycles. The quantitative estimate of drug-likeness (QED) is 0.279. The monoisotopic (exact) mass is 418 g/mol. The van der Waals surface area contributed by atoms with Gasteiger partial charge < -0.3 is 4.57 Å². The smallest absolute Gasteiger partial charge is 0.127 e. The number of fused-ring (bicyclic) bond motifs is 1. The van der Waals surface area contributed by atoms with E-state index in [-0.39, 0.29) is 5.38 Å². The standard InChI is InChI=1S/C17H24ClIN2/c1-3-4-5-6-7-8-11-21-16-10-9-14(19)12-15(16)20-17(21)13(2)18/h9-10,12-13H,3-8,11H2,1-2H3. The Bertz CT molecular complexity index is 577. The van der Waals surface area contributed by atoms with Gasteiger partial charge in [0.05, 0.1) is 16.4 Å².